The summed E-state index contributed by atoms with van der Waals surface area (Å²) in [5.41, 5.74) is 0. The molecule has 1 aliphatic carbocycles. The van der Waals surface area contributed by atoms with Crippen molar-refractivity contribution in [2.75, 3.05) is 6.61 Å². The smallest absolute Gasteiger partial charge is 0.0612 e. The Hall–Kier alpha value is -0.300. The molecule has 1 N–H and O–H groups in total. The highest BCUT2D eigenvalue weighted by atomic mass is 16.2. The van der Waals surface area contributed by atoms with E-state index in [9.17, 15) is 0 Å². The van der Waals surface area contributed by atoms with Crippen LogP contribution in [-0.2, 0) is 0 Å². The second-order valence-electron chi connectivity index (χ2n) is 4.89. The average Bonchev–Trinajstić information content (AvgIpc) is 2.28. The van der Waals surface area contributed by atoms with E-state index in [1.807, 2.05) is 6.08 Å². The first-order valence-electron chi connectivity index (χ1n) is 6.64. The summed E-state index contributed by atoms with van der Waals surface area (Å²) in [7, 11) is 0. The minimum Gasteiger partial charge on any atom is -0.392 e. The standard InChI is InChI=1S/C14H26O/c1-2-3-4-6-13-8-10-14(11-9-13)7-5-12-15/h5,7,13-15H,2-4,6,8-12H2,1H3. The van der Waals surface area contributed by atoms with Crippen LogP contribution >= 0.6 is 0 Å². The summed E-state index contributed by atoms with van der Waals surface area (Å²) >= 11 is 0. The first kappa shape index (κ1) is 12.8. The van der Waals surface area contributed by atoms with Gasteiger partial charge in [-0.2, -0.15) is 0 Å². The molecule has 0 atom stereocenters. The van der Waals surface area contributed by atoms with Crippen molar-refractivity contribution in [1.82, 2.24) is 0 Å². The van der Waals surface area contributed by atoms with Gasteiger partial charge in [-0.1, -0.05) is 44.8 Å². The van der Waals surface area contributed by atoms with Crippen molar-refractivity contribution in [3.8, 4) is 0 Å². The summed E-state index contributed by atoms with van der Waals surface area (Å²) in [6, 6.07) is 0. The van der Waals surface area contributed by atoms with Crippen molar-refractivity contribution in [2.45, 2.75) is 58.3 Å². The van der Waals surface area contributed by atoms with Gasteiger partial charge in [0.1, 0.15) is 0 Å². The van der Waals surface area contributed by atoms with Crippen LogP contribution in [0.15, 0.2) is 12.2 Å². The fraction of sp³-hybridized carbons (Fsp3) is 0.857. The van der Waals surface area contributed by atoms with Crippen LogP contribution < -0.4 is 0 Å². The van der Waals surface area contributed by atoms with Crippen molar-refractivity contribution < 1.29 is 5.11 Å². The van der Waals surface area contributed by atoms with E-state index in [1.54, 1.807) is 0 Å². The Morgan fingerprint density at radius 3 is 2.47 bits per heavy atom. The van der Waals surface area contributed by atoms with Crippen molar-refractivity contribution in [2.24, 2.45) is 11.8 Å². The zero-order valence-electron chi connectivity index (χ0n) is 10.1. The number of unbranched alkanes of at least 4 members (excludes halogenated alkanes) is 2. The van der Waals surface area contributed by atoms with Gasteiger partial charge in [-0.15, -0.1) is 0 Å². The van der Waals surface area contributed by atoms with Crippen LogP contribution in [0.1, 0.15) is 58.3 Å². The number of rotatable bonds is 6. The molecule has 0 bridgehead atoms. The van der Waals surface area contributed by atoms with E-state index in [2.05, 4.69) is 13.0 Å². The lowest BCUT2D eigenvalue weighted by atomic mass is 9.79. The first-order chi connectivity index (χ1) is 7.36. The van der Waals surface area contributed by atoms with Crippen LogP contribution in [0.4, 0.5) is 0 Å². The maximum absolute atomic E-state index is 8.71. The number of aliphatic hydroxyl groups excluding tert-OH is 1. The van der Waals surface area contributed by atoms with E-state index in [4.69, 9.17) is 5.11 Å². The van der Waals surface area contributed by atoms with E-state index in [1.165, 1.54) is 51.4 Å². The normalized spacial score (nSPS) is 27.3. The quantitative estimate of drug-likeness (QED) is 0.520. The Morgan fingerprint density at radius 2 is 1.87 bits per heavy atom. The van der Waals surface area contributed by atoms with E-state index in [0.717, 1.165) is 11.8 Å². The van der Waals surface area contributed by atoms with Gasteiger partial charge in [0.2, 0.25) is 0 Å². The van der Waals surface area contributed by atoms with E-state index in [0.29, 0.717) is 0 Å². The molecule has 0 heterocycles. The lowest BCUT2D eigenvalue weighted by molar-refractivity contribution is 0.287. The van der Waals surface area contributed by atoms with Crippen LogP contribution in [-0.4, -0.2) is 11.7 Å². The Bertz CT molecular complexity index is 166. The van der Waals surface area contributed by atoms with Crippen LogP contribution in [0.5, 0.6) is 0 Å². The number of allylic oxidation sites excluding steroid dienone is 1. The van der Waals surface area contributed by atoms with Gasteiger partial charge in [0.05, 0.1) is 6.61 Å². The molecule has 0 aliphatic heterocycles. The summed E-state index contributed by atoms with van der Waals surface area (Å²) in [5, 5.41) is 8.71. The monoisotopic (exact) mass is 210 g/mol. The van der Waals surface area contributed by atoms with Gasteiger partial charge < -0.3 is 5.11 Å². The van der Waals surface area contributed by atoms with E-state index >= 15 is 0 Å². The minimum absolute atomic E-state index is 0.205. The molecule has 1 nitrogen and oxygen atoms in total. The predicted octanol–water partition coefficient (Wildman–Crippen LogP) is 3.92. The van der Waals surface area contributed by atoms with Crippen LogP contribution in [0, 0.1) is 11.8 Å². The van der Waals surface area contributed by atoms with Gasteiger partial charge >= 0.3 is 0 Å². The number of hydrogen-bond acceptors (Lipinski definition) is 1. The van der Waals surface area contributed by atoms with Crippen LogP contribution in [0.3, 0.4) is 0 Å². The second-order valence-corrected chi connectivity index (χ2v) is 4.89. The molecule has 0 aromatic rings. The lowest BCUT2D eigenvalue weighted by Gasteiger charge is -2.26. The number of hydrogen-bond donors (Lipinski definition) is 1. The van der Waals surface area contributed by atoms with E-state index in [-0.39, 0.29) is 6.61 Å². The van der Waals surface area contributed by atoms with Gasteiger partial charge in [0.15, 0.2) is 0 Å². The highest BCUT2D eigenvalue weighted by Gasteiger charge is 2.18. The molecule has 0 saturated heterocycles. The summed E-state index contributed by atoms with van der Waals surface area (Å²) in [6.45, 7) is 2.48. The summed E-state index contributed by atoms with van der Waals surface area (Å²) in [5.74, 6) is 1.75. The third-order valence-corrected chi connectivity index (χ3v) is 3.62. The third-order valence-electron chi connectivity index (χ3n) is 3.62. The lowest BCUT2D eigenvalue weighted by Crippen LogP contribution is -2.13. The topological polar surface area (TPSA) is 20.2 Å². The molecule has 1 fully saturated rings. The fourth-order valence-corrected chi connectivity index (χ4v) is 2.61. The van der Waals surface area contributed by atoms with Crippen LogP contribution in [0.2, 0.25) is 0 Å². The molecule has 1 heteroatoms. The fourth-order valence-electron chi connectivity index (χ4n) is 2.61. The van der Waals surface area contributed by atoms with Crippen molar-refractivity contribution in [3.05, 3.63) is 12.2 Å². The molecule has 0 aromatic heterocycles. The van der Waals surface area contributed by atoms with Crippen molar-refractivity contribution in [1.29, 1.82) is 0 Å². The van der Waals surface area contributed by atoms with Gasteiger partial charge in [-0.05, 0) is 37.5 Å². The maximum Gasteiger partial charge on any atom is 0.0612 e. The zero-order chi connectivity index (χ0) is 10.9. The molecule has 1 aliphatic rings. The van der Waals surface area contributed by atoms with E-state index < -0.39 is 0 Å². The molecule has 0 unspecified atom stereocenters. The van der Waals surface area contributed by atoms with Crippen LogP contribution in [0.25, 0.3) is 0 Å². The summed E-state index contributed by atoms with van der Waals surface area (Å²) in [6.07, 6.45) is 15.2. The number of aliphatic hydroxyl groups is 1. The Kier molecular flexibility index (Phi) is 6.74. The Balaban J connectivity index is 2.09. The van der Waals surface area contributed by atoms with Gasteiger partial charge in [0.25, 0.3) is 0 Å². The molecular weight excluding hydrogens is 184 g/mol. The largest absolute Gasteiger partial charge is 0.392 e. The molecule has 0 spiro atoms. The molecule has 0 amide bonds. The summed E-state index contributed by atoms with van der Waals surface area (Å²) < 4.78 is 0. The third kappa shape index (κ3) is 5.36. The van der Waals surface area contributed by atoms with Crippen molar-refractivity contribution >= 4 is 0 Å². The molecule has 88 valence electrons. The van der Waals surface area contributed by atoms with Gasteiger partial charge in [0, 0.05) is 0 Å². The molecule has 1 rings (SSSR count). The molecule has 1 saturated carbocycles. The Morgan fingerprint density at radius 1 is 1.13 bits per heavy atom. The molecule has 0 aromatic carbocycles. The first-order valence-corrected chi connectivity index (χ1v) is 6.64. The Labute approximate surface area is 94.6 Å². The second kappa shape index (κ2) is 7.92. The maximum atomic E-state index is 8.71. The highest BCUT2D eigenvalue weighted by molar-refractivity contribution is 4.90. The SMILES string of the molecule is CCCCCC1CCC(C=CCO)CC1. The highest BCUT2D eigenvalue weighted by Crippen LogP contribution is 2.32. The van der Waals surface area contributed by atoms with Gasteiger partial charge in [-0.3, -0.25) is 0 Å². The molecular formula is C14H26O. The summed E-state index contributed by atoms with van der Waals surface area (Å²) in [4.78, 5) is 0. The minimum atomic E-state index is 0.205. The molecule has 15 heavy (non-hydrogen) atoms. The average molecular weight is 210 g/mol. The van der Waals surface area contributed by atoms with Crippen molar-refractivity contribution in [3.63, 3.8) is 0 Å². The predicted molar refractivity (Wildman–Crippen MR) is 65.8 cm³/mol. The molecule has 0 radical (unpaired) electrons. The zero-order valence-corrected chi connectivity index (χ0v) is 10.1. The van der Waals surface area contributed by atoms with Gasteiger partial charge in [-0.25, -0.2) is 0 Å².